The van der Waals surface area contributed by atoms with E-state index in [0.717, 1.165) is 77.0 Å². The summed E-state index contributed by atoms with van der Waals surface area (Å²) >= 11 is 0. The molecule has 0 aliphatic carbocycles. The molecule has 0 aliphatic rings. The SMILES string of the molecule is CCCC/C=C\CCCCCCCC(=O)O[C@H](COC(=O)CCC/C=C\C/C=C\C/C=C\C/C=C\CCCCC)COC(=O)CCCCCCCCCCCCCCC. The first-order chi connectivity index (χ1) is 29.0. The van der Waals surface area contributed by atoms with E-state index in [9.17, 15) is 14.4 Å². The van der Waals surface area contributed by atoms with Crippen molar-refractivity contribution in [2.24, 2.45) is 0 Å². The predicted molar refractivity (Wildman–Crippen MR) is 251 cm³/mol. The molecule has 0 amide bonds. The van der Waals surface area contributed by atoms with Crippen LogP contribution in [0.1, 0.15) is 239 Å². The molecule has 0 aromatic rings. The molecule has 0 aliphatic heterocycles. The third-order valence-electron chi connectivity index (χ3n) is 10.5. The van der Waals surface area contributed by atoms with Crippen LogP contribution in [-0.4, -0.2) is 37.2 Å². The van der Waals surface area contributed by atoms with Gasteiger partial charge in [-0.15, -0.1) is 0 Å². The second-order valence-corrected chi connectivity index (χ2v) is 16.4. The number of allylic oxidation sites excluding steroid dienone is 10. The van der Waals surface area contributed by atoms with Gasteiger partial charge in [-0.05, 0) is 77.0 Å². The van der Waals surface area contributed by atoms with Gasteiger partial charge in [0.05, 0.1) is 0 Å². The molecule has 0 radical (unpaired) electrons. The number of esters is 3. The van der Waals surface area contributed by atoms with Gasteiger partial charge in [-0.1, -0.05) is 204 Å². The van der Waals surface area contributed by atoms with E-state index in [1.165, 1.54) is 116 Å². The average molecular weight is 825 g/mol. The third-order valence-corrected chi connectivity index (χ3v) is 10.5. The van der Waals surface area contributed by atoms with Crippen LogP contribution in [0.25, 0.3) is 0 Å². The third kappa shape index (κ3) is 46.0. The minimum atomic E-state index is -0.796. The highest BCUT2D eigenvalue weighted by atomic mass is 16.6. The lowest BCUT2D eigenvalue weighted by Gasteiger charge is -2.18. The first-order valence-corrected chi connectivity index (χ1v) is 24.8. The zero-order valence-electron chi connectivity index (χ0n) is 38.8. The number of unbranched alkanes of at least 4 members (excludes halogenated alkanes) is 23. The highest BCUT2D eigenvalue weighted by Gasteiger charge is 2.19. The maximum atomic E-state index is 12.7. The maximum absolute atomic E-state index is 12.7. The van der Waals surface area contributed by atoms with E-state index in [1.54, 1.807) is 0 Å². The summed E-state index contributed by atoms with van der Waals surface area (Å²) in [5.74, 6) is -0.960. The minimum absolute atomic E-state index is 0.0930. The summed E-state index contributed by atoms with van der Waals surface area (Å²) in [4.78, 5) is 37.8. The molecule has 1 atom stereocenters. The maximum Gasteiger partial charge on any atom is 0.306 e. The Hall–Kier alpha value is -2.89. The Kier molecular flexibility index (Phi) is 45.4. The molecule has 0 fully saturated rings. The zero-order chi connectivity index (χ0) is 43.0. The Morgan fingerprint density at radius 1 is 0.339 bits per heavy atom. The van der Waals surface area contributed by atoms with Crippen LogP contribution in [0.4, 0.5) is 0 Å². The van der Waals surface area contributed by atoms with Gasteiger partial charge < -0.3 is 14.2 Å². The lowest BCUT2D eigenvalue weighted by atomic mass is 10.0. The molecule has 6 heteroatoms. The lowest BCUT2D eigenvalue weighted by molar-refractivity contribution is -0.167. The summed E-state index contributed by atoms with van der Waals surface area (Å²) < 4.78 is 16.7. The number of hydrogen-bond acceptors (Lipinski definition) is 6. The molecule has 6 nitrogen and oxygen atoms in total. The van der Waals surface area contributed by atoms with Crippen LogP contribution in [0.2, 0.25) is 0 Å². The van der Waals surface area contributed by atoms with Crippen molar-refractivity contribution in [1.82, 2.24) is 0 Å². The average Bonchev–Trinajstić information content (AvgIpc) is 3.23. The molecule has 0 saturated heterocycles. The minimum Gasteiger partial charge on any atom is -0.462 e. The van der Waals surface area contributed by atoms with Crippen molar-refractivity contribution in [3.05, 3.63) is 60.8 Å². The van der Waals surface area contributed by atoms with E-state index in [4.69, 9.17) is 14.2 Å². The van der Waals surface area contributed by atoms with Crippen molar-refractivity contribution in [2.75, 3.05) is 13.2 Å². The molecule has 59 heavy (non-hydrogen) atoms. The quantitative estimate of drug-likeness (QED) is 0.0263. The van der Waals surface area contributed by atoms with E-state index >= 15 is 0 Å². The second kappa shape index (κ2) is 47.8. The van der Waals surface area contributed by atoms with Gasteiger partial charge in [-0.3, -0.25) is 14.4 Å². The lowest BCUT2D eigenvalue weighted by Crippen LogP contribution is -2.30. The number of carbonyl (C=O) groups excluding carboxylic acids is 3. The Morgan fingerprint density at radius 3 is 1.12 bits per heavy atom. The normalized spacial score (nSPS) is 12.5. The smallest absolute Gasteiger partial charge is 0.306 e. The highest BCUT2D eigenvalue weighted by molar-refractivity contribution is 5.71. The van der Waals surface area contributed by atoms with E-state index in [2.05, 4.69) is 81.5 Å². The molecule has 0 unspecified atom stereocenters. The van der Waals surface area contributed by atoms with Gasteiger partial charge in [-0.25, -0.2) is 0 Å². The van der Waals surface area contributed by atoms with E-state index in [0.29, 0.717) is 19.3 Å². The van der Waals surface area contributed by atoms with Crippen molar-refractivity contribution < 1.29 is 28.6 Å². The largest absolute Gasteiger partial charge is 0.462 e. The van der Waals surface area contributed by atoms with Crippen molar-refractivity contribution in [1.29, 1.82) is 0 Å². The summed E-state index contributed by atoms with van der Waals surface area (Å²) in [6, 6.07) is 0. The first-order valence-electron chi connectivity index (χ1n) is 24.8. The van der Waals surface area contributed by atoms with Gasteiger partial charge in [0.1, 0.15) is 13.2 Å². The second-order valence-electron chi connectivity index (χ2n) is 16.4. The van der Waals surface area contributed by atoms with Crippen LogP contribution < -0.4 is 0 Å². The van der Waals surface area contributed by atoms with E-state index in [1.807, 2.05) is 0 Å². The van der Waals surface area contributed by atoms with Gasteiger partial charge in [-0.2, -0.15) is 0 Å². The number of ether oxygens (including phenoxy) is 3. The fourth-order valence-corrected chi connectivity index (χ4v) is 6.71. The van der Waals surface area contributed by atoms with Crippen LogP contribution >= 0.6 is 0 Å². The summed E-state index contributed by atoms with van der Waals surface area (Å²) in [5.41, 5.74) is 0. The topological polar surface area (TPSA) is 78.9 Å². The molecule has 0 aromatic heterocycles. The van der Waals surface area contributed by atoms with Crippen LogP contribution in [0, 0.1) is 0 Å². The summed E-state index contributed by atoms with van der Waals surface area (Å²) in [7, 11) is 0. The summed E-state index contributed by atoms with van der Waals surface area (Å²) in [5, 5.41) is 0. The zero-order valence-corrected chi connectivity index (χ0v) is 38.8. The van der Waals surface area contributed by atoms with Crippen molar-refractivity contribution in [3.8, 4) is 0 Å². The molecule has 0 N–H and O–H groups in total. The van der Waals surface area contributed by atoms with Crippen LogP contribution in [-0.2, 0) is 28.6 Å². The molecule has 0 bridgehead atoms. The van der Waals surface area contributed by atoms with Crippen molar-refractivity contribution in [2.45, 2.75) is 245 Å². The number of carbonyl (C=O) groups is 3. The molecule has 0 saturated carbocycles. The predicted octanol–water partition coefficient (Wildman–Crippen LogP) is 16.1. The molecule has 340 valence electrons. The fourth-order valence-electron chi connectivity index (χ4n) is 6.71. The standard InChI is InChI=1S/C53H92O6/c1-4-7-10-13-16-19-22-24-25-26-27-29-32-34-37-40-43-46-52(55)58-49-50(59-53(56)47-44-41-38-35-30-21-18-15-12-9-6-3)48-57-51(54)45-42-39-36-33-31-28-23-20-17-14-11-8-5-2/h15-16,18-19,24-25,27,29,34,37,50H,4-14,17,20-23,26,28,30-33,35-36,38-49H2,1-3H3/b18-15-,19-16-,25-24-,29-27-,37-34-/t50-/m0/s1. The number of hydrogen-bond donors (Lipinski definition) is 0. The van der Waals surface area contributed by atoms with Gasteiger partial charge in [0.2, 0.25) is 0 Å². The van der Waals surface area contributed by atoms with Crippen molar-refractivity contribution >= 4 is 17.9 Å². The van der Waals surface area contributed by atoms with Crippen LogP contribution in [0.3, 0.4) is 0 Å². The Morgan fingerprint density at radius 2 is 0.644 bits per heavy atom. The summed E-state index contributed by atoms with van der Waals surface area (Å²) in [6.07, 6.45) is 57.8. The van der Waals surface area contributed by atoms with Gasteiger partial charge in [0, 0.05) is 19.3 Å². The Labute approximate surface area is 364 Å². The molecular formula is C53H92O6. The first kappa shape index (κ1) is 56.1. The van der Waals surface area contributed by atoms with Crippen LogP contribution in [0.15, 0.2) is 60.8 Å². The highest BCUT2D eigenvalue weighted by Crippen LogP contribution is 2.14. The van der Waals surface area contributed by atoms with Crippen molar-refractivity contribution in [3.63, 3.8) is 0 Å². The monoisotopic (exact) mass is 825 g/mol. The Balaban J connectivity index is 4.44. The fraction of sp³-hybridized carbons (Fsp3) is 0.755. The molecule has 0 heterocycles. The van der Waals surface area contributed by atoms with Gasteiger partial charge in [0.25, 0.3) is 0 Å². The Bertz CT molecular complexity index is 1090. The molecule has 0 aromatic carbocycles. The molecular weight excluding hydrogens is 733 g/mol. The van der Waals surface area contributed by atoms with Gasteiger partial charge in [0.15, 0.2) is 6.10 Å². The van der Waals surface area contributed by atoms with E-state index < -0.39 is 6.10 Å². The molecule has 0 spiro atoms. The summed E-state index contributed by atoms with van der Waals surface area (Å²) in [6.45, 7) is 6.51. The number of rotatable bonds is 44. The molecule has 0 rings (SSSR count). The van der Waals surface area contributed by atoms with E-state index in [-0.39, 0.29) is 37.5 Å². The van der Waals surface area contributed by atoms with Crippen LogP contribution in [0.5, 0.6) is 0 Å². The van der Waals surface area contributed by atoms with Gasteiger partial charge >= 0.3 is 17.9 Å².